The molecule has 0 fully saturated rings. The minimum atomic E-state index is -0.460. The summed E-state index contributed by atoms with van der Waals surface area (Å²) in [5.74, 6) is -0.408. The molecule has 0 aliphatic rings. The smallest absolute Gasteiger partial charge is 0.270 e. The summed E-state index contributed by atoms with van der Waals surface area (Å²) >= 11 is 0. The zero-order valence-electron chi connectivity index (χ0n) is 8.52. The molecule has 2 N–H and O–H groups in total. The lowest BCUT2D eigenvalue weighted by molar-refractivity contribution is -0.110. The van der Waals surface area contributed by atoms with E-state index in [1.807, 2.05) is 0 Å². The van der Waals surface area contributed by atoms with Crippen LogP contribution in [0.3, 0.4) is 0 Å². The molecule has 0 unspecified atom stereocenters. The third-order valence-corrected chi connectivity index (χ3v) is 1.77. The van der Waals surface area contributed by atoms with Crippen LogP contribution in [0, 0.1) is 6.92 Å². The maximum atomic E-state index is 11.2. The Labute approximate surface area is 87.4 Å². The molecule has 0 aliphatic carbocycles. The van der Waals surface area contributed by atoms with Crippen molar-refractivity contribution in [2.75, 3.05) is 12.4 Å². The number of nitrogens with one attached hydrogen (secondary N) is 1. The molecular weight excluding hydrogens is 196 g/mol. The molecule has 5 heteroatoms. The Bertz CT molecular complexity index is 388. The number of aromatic hydroxyl groups is 1. The van der Waals surface area contributed by atoms with Crippen LogP contribution >= 0.6 is 0 Å². The van der Waals surface area contributed by atoms with Gasteiger partial charge in [-0.3, -0.25) is 4.79 Å². The van der Waals surface area contributed by atoms with Crippen LogP contribution in [0.1, 0.15) is 5.56 Å². The van der Waals surface area contributed by atoms with E-state index in [1.165, 1.54) is 7.11 Å². The highest BCUT2D eigenvalue weighted by molar-refractivity contribution is 6.31. The predicted molar refractivity (Wildman–Crippen MR) is 57.0 cm³/mol. The number of phenols is 1. The van der Waals surface area contributed by atoms with Crippen molar-refractivity contribution >= 4 is 17.8 Å². The maximum Gasteiger partial charge on any atom is 0.270 e. The van der Waals surface area contributed by atoms with Crippen molar-refractivity contribution in [2.45, 2.75) is 6.92 Å². The molecule has 0 atom stereocenters. The van der Waals surface area contributed by atoms with Crippen molar-refractivity contribution in [2.24, 2.45) is 5.16 Å². The first-order chi connectivity index (χ1) is 7.15. The third kappa shape index (κ3) is 2.98. The number of phenolic OH excluding ortho intramolecular Hbond substituents is 1. The van der Waals surface area contributed by atoms with E-state index >= 15 is 0 Å². The van der Waals surface area contributed by atoms with Crippen LogP contribution in [-0.4, -0.2) is 24.3 Å². The molecule has 1 aromatic rings. The zero-order valence-corrected chi connectivity index (χ0v) is 8.52. The van der Waals surface area contributed by atoms with E-state index in [-0.39, 0.29) is 5.75 Å². The van der Waals surface area contributed by atoms with E-state index in [9.17, 15) is 9.90 Å². The zero-order chi connectivity index (χ0) is 11.3. The van der Waals surface area contributed by atoms with Crippen LogP contribution < -0.4 is 5.32 Å². The first-order valence-corrected chi connectivity index (χ1v) is 4.31. The van der Waals surface area contributed by atoms with Gasteiger partial charge in [-0.1, -0.05) is 17.3 Å². The summed E-state index contributed by atoms with van der Waals surface area (Å²) in [7, 11) is 1.34. The Kier molecular flexibility index (Phi) is 3.68. The summed E-state index contributed by atoms with van der Waals surface area (Å²) in [6.45, 7) is 1.74. The van der Waals surface area contributed by atoms with Gasteiger partial charge in [0.25, 0.3) is 5.91 Å². The molecule has 0 heterocycles. The van der Waals surface area contributed by atoms with Gasteiger partial charge in [0, 0.05) is 0 Å². The number of para-hydroxylation sites is 1. The second-order valence-corrected chi connectivity index (χ2v) is 2.88. The SMILES string of the molecule is CO/N=C/C(=O)Nc1cccc(C)c1O. The minimum Gasteiger partial charge on any atom is -0.505 e. The molecule has 0 radical (unpaired) electrons. The summed E-state index contributed by atoms with van der Waals surface area (Å²) in [4.78, 5) is 15.5. The molecule has 80 valence electrons. The highest BCUT2D eigenvalue weighted by atomic mass is 16.6. The Morgan fingerprint density at radius 2 is 2.33 bits per heavy atom. The molecule has 15 heavy (non-hydrogen) atoms. The van der Waals surface area contributed by atoms with Crippen LogP contribution in [0.15, 0.2) is 23.4 Å². The van der Waals surface area contributed by atoms with Crippen molar-refractivity contribution in [3.8, 4) is 5.75 Å². The number of amides is 1. The average molecular weight is 208 g/mol. The number of carbonyl (C=O) groups excluding carboxylic acids is 1. The molecule has 5 nitrogen and oxygen atoms in total. The van der Waals surface area contributed by atoms with Gasteiger partial charge in [-0.25, -0.2) is 0 Å². The number of rotatable bonds is 3. The van der Waals surface area contributed by atoms with Crippen LogP contribution in [0.2, 0.25) is 0 Å². The summed E-state index contributed by atoms with van der Waals surface area (Å²) in [5, 5.41) is 15.4. The summed E-state index contributed by atoms with van der Waals surface area (Å²) in [6.07, 6.45) is 0.988. The minimum absolute atomic E-state index is 0.0525. The maximum absolute atomic E-state index is 11.2. The Morgan fingerprint density at radius 3 is 3.00 bits per heavy atom. The van der Waals surface area contributed by atoms with E-state index in [4.69, 9.17) is 0 Å². The molecule has 0 aromatic heterocycles. The molecule has 0 saturated heterocycles. The van der Waals surface area contributed by atoms with Crippen molar-refractivity contribution in [3.63, 3.8) is 0 Å². The molecule has 1 rings (SSSR count). The van der Waals surface area contributed by atoms with Crippen molar-refractivity contribution in [1.29, 1.82) is 0 Å². The molecule has 1 aromatic carbocycles. The first-order valence-electron chi connectivity index (χ1n) is 4.31. The number of oxime groups is 1. The Morgan fingerprint density at radius 1 is 1.60 bits per heavy atom. The van der Waals surface area contributed by atoms with Crippen LogP contribution in [0.25, 0.3) is 0 Å². The third-order valence-electron chi connectivity index (χ3n) is 1.77. The molecule has 0 bridgehead atoms. The van der Waals surface area contributed by atoms with Gasteiger partial charge in [0.2, 0.25) is 0 Å². The topological polar surface area (TPSA) is 70.9 Å². The summed E-state index contributed by atoms with van der Waals surface area (Å²) < 4.78 is 0. The standard InChI is InChI=1S/C10H12N2O3/c1-7-4-3-5-8(10(7)14)12-9(13)6-11-15-2/h3-6,14H,1-2H3,(H,12,13)/b11-6+. The van der Waals surface area contributed by atoms with Gasteiger partial charge >= 0.3 is 0 Å². The van der Waals surface area contributed by atoms with Gasteiger partial charge in [0.05, 0.1) is 5.69 Å². The number of aryl methyl sites for hydroxylation is 1. The number of benzene rings is 1. The number of hydrogen-bond donors (Lipinski definition) is 2. The summed E-state index contributed by atoms with van der Waals surface area (Å²) in [6, 6.07) is 5.08. The monoisotopic (exact) mass is 208 g/mol. The number of hydrogen-bond acceptors (Lipinski definition) is 4. The highest BCUT2D eigenvalue weighted by Gasteiger charge is 2.05. The van der Waals surface area contributed by atoms with Crippen molar-refractivity contribution in [3.05, 3.63) is 23.8 Å². The second-order valence-electron chi connectivity index (χ2n) is 2.88. The normalized spacial score (nSPS) is 10.3. The lowest BCUT2D eigenvalue weighted by Crippen LogP contribution is -2.12. The van der Waals surface area contributed by atoms with Gasteiger partial charge in [-0.15, -0.1) is 0 Å². The lowest BCUT2D eigenvalue weighted by Gasteiger charge is -2.06. The van der Waals surface area contributed by atoms with Crippen LogP contribution in [-0.2, 0) is 9.63 Å². The molecule has 0 spiro atoms. The van der Waals surface area contributed by atoms with Crippen LogP contribution in [0.4, 0.5) is 5.69 Å². The van der Waals surface area contributed by atoms with E-state index < -0.39 is 5.91 Å². The quantitative estimate of drug-likeness (QED) is 0.446. The van der Waals surface area contributed by atoms with Gasteiger partial charge in [0.1, 0.15) is 19.1 Å². The molecule has 1 amide bonds. The fourth-order valence-corrected chi connectivity index (χ4v) is 1.03. The largest absolute Gasteiger partial charge is 0.505 e. The fourth-order valence-electron chi connectivity index (χ4n) is 1.03. The molecular formula is C10H12N2O3. The number of nitrogens with zero attached hydrogens (tertiary/aromatic N) is 1. The van der Waals surface area contributed by atoms with Crippen LogP contribution in [0.5, 0.6) is 5.75 Å². The first kappa shape index (κ1) is 11.0. The number of anilines is 1. The van der Waals surface area contributed by atoms with E-state index in [0.717, 1.165) is 6.21 Å². The predicted octanol–water partition coefficient (Wildman–Crippen LogP) is 1.27. The van der Waals surface area contributed by atoms with Crippen molar-refractivity contribution in [1.82, 2.24) is 0 Å². The van der Waals surface area contributed by atoms with E-state index in [1.54, 1.807) is 25.1 Å². The molecule has 0 aliphatic heterocycles. The average Bonchev–Trinajstić information content (AvgIpc) is 2.22. The van der Waals surface area contributed by atoms with E-state index in [2.05, 4.69) is 15.3 Å². The summed E-state index contributed by atoms with van der Waals surface area (Å²) in [5.41, 5.74) is 1.04. The van der Waals surface area contributed by atoms with Gasteiger partial charge < -0.3 is 15.3 Å². The van der Waals surface area contributed by atoms with Crippen molar-refractivity contribution < 1.29 is 14.7 Å². The highest BCUT2D eigenvalue weighted by Crippen LogP contribution is 2.26. The number of carbonyl (C=O) groups is 1. The second kappa shape index (κ2) is 4.99. The Hall–Kier alpha value is -2.04. The van der Waals surface area contributed by atoms with Gasteiger partial charge in [0.15, 0.2) is 0 Å². The molecule has 0 saturated carbocycles. The lowest BCUT2D eigenvalue weighted by atomic mass is 10.2. The van der Waals surface area contributed by atoms with Gasteiger partial charge in [-0.05, 0) is 18.6 Å². The fraction of sp³-hybridized carbons (Fsp3) is 0.200. The Balaban J connectivity index is 2.77. The van der Waals surface area contributed by atoms with E-state index in [0.29, 0.717) is 11.3 Å². The van der Waals surface area contributed by atoms with Gasteiger partial charge in [-0.2, -0.15) is 0 Å².